The Balaban J connectivity index is 1.81. The first-order chi connectivity index (χ1) is 12.1. The molecular weight excluding hydrogens is 374 g/mol. The molecule has 0 bridgehead atoms. The van der Waals surface area contributed by atoms with Crippen molar-refractivity contribution in [1.82, 2.24) is 10.3 Å². The molecule has 0 aliphatic carbocycles. The van der Waals surface area contributed by atoms with Gasteiger partial charge in [-0.2, -0.15) is 0 Å². The van der Waals surface area contributed by atoms with Crippen LogP contribution in [0.15, 0.2) is 60.8 Å². The lowest BCUT2D eigenvalue weighted by Crippen LogP contribution is -2.28. The number of phenols is 1. The number of anilines is 1. The lowest BCUT2D eigenvalue weighted by Gasteiger charge is -2.26. The maximum atomic E-state index is 9.59. The van der Waals surface area contributed by atoms with Crippen molar-refractivity contribution in [2.75, 3.05) is 4.90 Å². The molecule has 1 fully saturated rings. The quantitative estimate of drug-likeness (QED) is 0.639. The number of halogens is 1. The number of pyridine rings is 1. The van der Waals surface area contributed by atoms with Crippen LogP contribution in [-0.4, -0.2) is 15.2 Å². The number of nitrogens with one attached hydrogen (secondary N) is 1. The number of rotatable bonds is 3. The van der Waals surface area contributed by atoms with Gasteiger partial charge in [-0.3, -0.25) is 4.98 Å². The summed E-state index contributed by atoms with van der Waals surface area (Å²) in [5.41, 5.74) is 1.82. The Morgan fingerprint density at radius 1 is 1.12 bits per heavy atom. The molecule has 1 saturated heterocycles. The molecule has 0 amide bonds. The molecule has 2 N–H and O–H groups in total. The molecule has 1 aliphatic heterocycles. The molecule has 0 saturated carbocycles. The number of nitrogens with zero attached hydrogens (tertiary/aromatic N) is 2. The second kappa shape index (κ2) is 6.63. The van der Waals surface area contributed by atoms with Crippen molar-refractivity contribution < 1.29 is 5.11 Å². The van der Waals surface area contributed by atoms with Crippen LogP contribution in [0, 0.1) is 0 Å². The molecule has 126 valence electrons. The van der Waals surface area contributed by atoms with Gasteiger partial charge in [0.1, 0.15) is 5.75 Å². The van der Waals surface area contributed by atoms with Crippen LogP contribution in [0.25, 0.3) is 0 Å². The normalized spacial score (nSPS) is 19.9. The van der Waals surface area contributed by atoms with Crippen LogP contribution in [-0.2, 0) is 0 Å². The topological polar surface area (TPSA) is 48.4 Å². The van der Waals surface area contributed by atoms with Gasteiger partial charge in [0.25, 0.3) is 0 Å². The number of benzene rings is 1. The van der Waals surface area contributed by atoms with E-state index in [-0.39, 0.29) is 17.8 Å². The van der Waals surface area contributed by atoms with Gasteiger partial charge >= 0.3 is 0 Å². The van der Waals surface area contributed by atoms with Crippen LogP contribution in [0.2, 0.25) is 4.34 Å². The molecule has 25 heavy (non-hydrogen) atoms. The lowest BCUT2D eigenvalue weighted by molar-refractivity contribution is 0.475. The van der Waals surface area contributed by atoms with E-state index in [0.717, 1.165) is 20.6 Å². The Kier molecular flexibility index (Phi) is 4.33. The highest BCUT2D eigenvalue weighted by atomic mass is 35.5. The van der Waals surface area contributed by atoms with E-state index in [1.54, 1.807) is 18.3 Å². The first-order valence-electron chi connectivity index (χ1n) is 7.68. The summed E-state index contributed by atoms with van der Waals surface area (Å²) in [7, 11) is 0. The van der Waals surface area contributed by atoms with E-state index in [9.17, 15) is 5.11 Å². The SMILES string of the molecule is Oc1ccc(N2C(=S)N[C@@H](c3ccccn3)[C@H]2c2ccc(Cl)s2)cc1. The van der Waals surface area contributed by atoms with Gasteiger partial charge in [0.2, 0.25) is 0 Å². The minimum Gasteiger partial charge on any atom is -0.508 e. The van der Waals surface area contributed by atoms with Crippen LogP contribution in [0.1, 0.15) is 22.7 Å². The Morgan fingerprint density at radius 2 is 1.92 bits per heavy atom. The summed E-state index contributed by atoms with van der Waals surface area (Å²) < 4.78 is 0.734. The van der Waals surface area contributed by atoms with Crippen molar-refractivity contribution in [2.24, 2.45) is 0 Å². The highest BCUT2D eigenvalue weighted by Crippen LogP contribution is 2.44. The summed E-state index contributed by atoms with van der Waals surface area (Å²) in [5.74, 6) is 0.221. The van der Waals surface area contributed by atoms with Crippen LogP contribution in [0.4, 0.5) is 5.69 Å². The zero-order chi connectivity index (χ0) is 17.4. The summed E-state index contributed by atoms with van der Waals surface area (Å²) in [6, 6.07) is 16.6. The Hall–Kier alpha value is -2.15. The van der Waals surface area contributed by atoms with Crippen LogP contribution >= 0.6 is 35.2 Å². The molecular formula is C18H14ClN3OS2. The third-order valence-corrected chi connectivity index (χ3v) is 5.73. The monoisotopic (exact) mass is 387 g/mol. The molecule has 2 atom stereocenters. The van der Waals surface area contributed by atoms with Crippen LogP contribution in [0.5, 0.6) is 5.75 Å². The van der Waals surface area contributed by atoms with Crippen molar-refractivity contribution in [3.8, 4) is 5.75 Å². The highest BCUT2D eigenvalue weighted by Gasteiger charge is 2.41. The first kappa shape index (κ1) is 16.3. The molecule has 1 aromatic carbocycles. The van der Waals surface area contributed by atoms with Gasteiger partial charge in [-0.05, 0) is 60.7 Å². The van der Waals surface area contributed by atoms with Crippen LogP contribution < -0.4 is 10.2 Å². The summed E-state index contributed by atoms with van der Waals surface area (Å²) >= 11 is 13.3. The molecule has 3 aromatic rings. The summed E-state index contributed by atoms with van der Waals surface area (Å²) in [4.78, 5) is 7.65. The van der Waals surface area contributed by atoms with Crippen LogP contribution in [0.3, 0.4) is 0 Å². The Bertz CT molecular complexity index is 898. The lowest BCUT2D eigenvalue weighted by atomic mass is 10.0. The molecule has 2 aromatic heterocycles. The number of aromatic hydroxyl groups is 1. The maximum Gasteiger partial charge on any atom is 0.174 e. The number of hydrogen-bond donors (Lipinski definition) is 2. The second-order valence-corrected chi connectivity index (χ2v) is 7.79. The predicted molar refractivity (Wildman–Crippen MR) is 105 cm³/mol. The minimum absolute atomic E-state index is 0.0653. The fourth-order valence-electron chi connectivity index (χ4n) is 3.02. The van der Waals surface area contributed by atoms with Gasteiger partial charge in [-0.25, -0.2) is 0 Å². The number of hydrogen-bond acceptors (Lipinski definition) is 4. The number of phenolic OH excluding ortho intramolecular Hbond substituents is 1. The summed E-state index contributed by atoms with van der Waals surface area (Å²) in [6.45, 7) is 0. The highest BCUT2D eigenvalue weighted by molar-refractivity contribution is 7.80. The summed E-state index contributed by atoms with van der Waals surface area (Å²) in [6.07, 6.45) is 1.78. The summed E-state index contributed by atoms with van der Waals surface area (Å²) in [5, 5.41) is 13.6. The smallest absolute Gasteiger partial charge is 0.174 e. The molecule has 3 heterocycles. The fraction of sp³-hybridized carbons (Fsp3) is 0.111. The first-order valence-corrected chi connectivity index (χ1v) is 9.28. The van der Waals surface area contributed by atoms with E-state index in [1.165, 1.54) is 11.3 Å². The van der Waals surface area contributed by atoms with E-state index >= 15 is 0 Å². The molecule has 4 rings (SSSR count). The third kappa shape index (κ3) is 3.08. The predicted octanol–water partition coefficient (Wildman–Crippen LogP) is 4.68. The van der Waals surface area contributed by atoms with Crippen molar-refractivity contribution in [1.29, 1.82) is 0 Å². The number of aromatic nitrogens is 1. The van der Waals surface area contributed by atoms with E-state index < -0.39 is 0 Å². The van der Waals surface area contributed by atoms with Gasteiger partial charge in [0.15, 0.2) is 5.11 Å². The minimum atomic E-state index is -0.0859. The zero-order valence-corrected chi connectivity index (χ0v) is 15.4. The van der Waals surface area contributed by atoms with Crippen molar-refractivity contribution >= 4 is 46.0 Å². The van der Waals surface area contributed by atoms with Gasteiger partial charge < -0.3 is 15.3 Å². The fourth-order valence-corrected chi connectivity index (χ4v) is 4.56. The van der Waals surface area contributed by atoms with E-state index in [0.29, 0.717) is 5.11 Å². The standard InChI is InChI=1S/C18H14ClN3OS2/c19-15-9-8-14(25-15)17-16(13-3-1-2-10-20-13)21-18(24)22(17)11-4-6-12(23)7-5-11/h1-10,16-17,23H,(H,21,24)/t16-,17+/m0/s1. The van der Waals surface area contributed by atoms with E-state index in [4.69, 9.17) is 23.8 Å². The largest absolute Gasteiger partial charge is 0.508 e. The molecule has 0 unspecified atom stereocenters. The Morgan fingerprint density at radius 3 is 2.56 bits per heavy atom. The average Bonchev–Trinajstić information content (AvgIpc) is 3.20. The molecule has 0 radical (unpaired) electrons. The molecule has 4 nitrogen and oxygen atoms in total. The maximum absolute atomic E-state index is 9.59. The van der Waals surface area contributed by atoms with Crippen molar-refractivity contribution in [3.05, 3.63) is 75.7 Å². The number of thiophene rings is 1. The van der Waals surface area contributed by atoms with E-state index in [1.807, 2.05) is 42.5 Å². The van der Waals surface area contributed by atoms with Crippen molar-refractivity contribution in [3.63, 3.8) is 0 Å². The zero-order valence-electron chi connectivity index (χ0n) is 13.0. The molecule has 1 aliphatic rings. The molecule has 7 heteroatoms. The van der Waals surface area contributed by atoms with E-state index in [2.05, 4.69) is 15.2 Å². The second-order valence-electron chi connectivity index (χ2n) is 5.65. The molecule has 0 spiro atoms. The average molecular weight is 388 g/mol. The van der Waals surface area contributed by atoms with Crippen molar-refractivity contribution in [2.45, 2.75) is 12.1 Å². The van der Waals surface area contributed by atoms with Gasteiger partial charge in [-0.1, -0.05) is 17.7 Å². The third-order valence-electron chi connectivity index (χ3n) is 4.11. The Labute approximate surface area is 159 Å². The van der Waals surface area contributed by atoms with Gasteiger partial charge in [-0.15, -0.1) is 11.3 Å². The van der Waals surface area contributed by atoms with Gasteiger partial charge in [0, 0.05) is 16.8 Å². The number of thiocarbonyl (C=S) groups is 1. The van der Waals surface area contributed by atoms with Gasteiger partial charge in [0.05, 0.1) is 22.1 Å².